The van der Waals surface area contributed by atoms with E-state index in [2.05, 4.69) is 4.98 Å². The highest BCUT2D eigenvalue weighted by molar-refractivity contribution is 7.85. The summed E-state index contributed by atoms with van der Waals surface area (Å²) in [6.45, 7) is 0. The smallest absolute Gasteiger partial charge is 0.274 e. The molecule has 14 heavy (non-hydrogen) atoms. The average Bonchev–Trinajstić information content (AvgIpc) is 2.01. The first-order chi connectivity index (χ1) is 6.32. The van der Waals surface area contributed by atoms with Crippen molar-refractivity contribution in [3.8, 4) is 0 Å². The second kappa shape index (κ2) is 3.86. The van der Waals surface area contributed by atoms with Gasteiger partial charge in [-0.15, -0.1) is 0 Å². The third-order valence-electron chi connectivity index (χ3n) is 1.41. The van der Waals surface area contributed by atoms with E-state index in [4.69, 9.17) is 16.4 Å². The molecule has 1 heterocycles. The summed E-state index contributed by atoms with van der Waals surface area (Å²) in [5.74, 6) is 0. The summed E-state index contributed by atoms with van der Waals surface area (Å²) in [7, 11) is -1.29. The molecule has 0 saturated carbocycles. The Morgan fingerprint density at radius 1 is 1.50 bits per heavy atom. The second-order valence-electron chi connectivity index (χ2n) is 2.51. The van der Waals surface area contributed by atoms with E-state index in [0.29, 0.717) is 0 Å². The van der Waals surface area contributed by atoms with Crippen LogP contribution in [0.4, 0.5) is 13.2 Å². The van der Waals surface area contributed by atoms with Crippen LogP contribution in [-0.2, 0) is 16.9 Å². The summed E-state index contributed by atoms with van der Waals surface area (Å²) in [5, 5.41) is -0.353. The van der Waals surface area contributed by atoms with Gasteiger partial charge in [-0.3, -0.25) is 4.78 Å². The molecular formula is C7H6ClF3N2S. The van der Waals surface area contributed by atoms with Gasteiger partial charge in [0, 0.05) is 6.20 Å². The van der Waals surface area contributed by atoms with Crippen LogP contribution in [-0.4, -0.2) is 11.2 Å². The normalized spacial score (nSPS) is 14.1. The van der Waals surface area contributed by atoms with Crippen LogP contribution in [0.1, 0.15) is 5.56 Å². The minimum Gasteiger partial charge on any atom is -0.274 e. The summed E-state index contributed by atoms with van der Waals surface area (Å²) < 4.78 is 44.5. The van der Waals surface area contributed by atoms with Crippen LogP contribution < -0.4 is 0 Å². The average molecular weight is 243 g/mol. The Hall–Kier alpha value is -0.620. The van der Waals surface area contributed by atoms with E-state index in [0.717, 1.165) is 12.3 Å². The Labute approximate surface area is 86.0 Å². The van der Waals surface area contributed by atoms with Gasteiger partial charge in [-0.05, 0) is 12.3 Å². The number of hydrogen-bond acceptors (Lipinski definition) is 2. The first kappa shape index (κ1) is 11.5. The zero-order valence-corrected chi connectivity index (χ0v) is 8.59. The van der Waals surface area contributed by atoms with Crippen molar-refractivity contribution in [1.29, 1.82) is 4.78 Å². The molecule has 0 amide bonds. The topological polar surface area (TPSA) is 36.7 Å². The number of rotatable bonds is 1. The fourth-order valence-electron chi connectivity index (χ4n) is 0.874. The van der Waals surface area contributed by atoms with E-state index in [1.807, 2.05) is 0 Å². The maximum atomic E-state index is 12.4. The molecule has 0 unspecified atom stereocenters. The fraction of sp³-hybridized carbons (Fsp3) is 0.286. The van der Waals surface area contributed by atoms with Gasteiger partial charge in [-0.2, -0.15) is 13.2 Å². The lowest BCUT2D eigenvalue weighted by Crippen LogP contribution is -2.10. The first-order valence-corrected chi connectivity index (χ1v) is 5.43. The third kappa shape index (κ3) is 2.45. The highest BCUT2D eigenvalue weighted by atomic mass is 35.5. The number of nitrogens with zero attached hydrogens (tertiary/aromatic N) is 1. The van der Waals surface area contributed by atoms with Crippen molar-refractivity contribution in [3.63, 3.8) is 0 Å². The number of halogens is 4. The van der Waals surface area contributed by atoms with E-state index in [1.54, 1.807) is 0 Å². The van der Waals surface area contributed by atoms with Gasteiger partial charge < -0.3 is 0 Å². The summed E-state index contributed by atoms with van der Waals surface area (Å²) in [5.41, 5.74) is -0.925. The van der Waals surface area contributed by atoms with Gasteiger partial charge in [0.25, 0.3) is 0 Å². The van der Waals surface area contributed by atoms with Crippen LogP contribution in [0.25, 0.3) is 0 Å². The molecule has 7 heteroatoms. The minimum atomic E-state index is -4.50. The zero-order chi connectivity index (χ0) is 10.9. The Kier molecular flexibility index (Phi) is 3.16. The molecule has 1 N–H and O–H groups in total. The van der Waals surface area contributed by atoms with Crippen molar-refractivity contribution < 1.29 is 13.2 Å². The Bertz CT molecular complexity index is 378. The highest BCUT2D eigenvalue weighted by Crippen LogP contribution is 2.33. The van der Waals surface area contributed by atoms with Crippen LogP contribution in [0.5, 0.6) is 0 Å². The molecule has 1 aromatic heterocycles. The van der Waals surface area contributed by atoms with E-state index >= 15 is 0 Å². The van der Waals surface area contributed by atoms with E-state index in [1.165, 1.54) is 6.26 Å². The lowest BCUT2D eigenvalue weighted by molar-refractivity contribution is -0.140. The van der Waals surface area contributed by atoms with E-state index in [-0.39, 0.29) is 10.0 Å². The van der Waals surface area contributed by atoms with Crippen LogP contribution in [0, 0.1) is 4.78 Å². The van der Waals surface area contributed by atoms with Crippen molar-refractivity contribution in [2.24, 2.45) is 0 Å². The zero-order valence-electron chi connectivity index (χ0n) is 7.02. The Balaban J connectivity index is 3.38. The largest absolute Gasteiger partial charge is 0.419 e. The standard InChI is InChI=1S/C7H6ClF3N2S/c1-14(12)6-5(7(9,10)11)2-4(8)3-13-6/h2-3,12H,1H3/t14-/m1/s1. The molecule has 1 rings (SSSR count). The molecule has 0 spiro atoms. The van der Waals surface area contributed by atoms with Gasteiger partial charge in [-0.1, -0.05) is 22.3 Å². The number of alkyl halides is 3. The van der Waals surface area contributed by atoms with Crippen LogP contribution in [0.15, 0.2) is 17.3 Å². The molecule has 0 bridgehead atoms. The van der Waals surface area contributed by atoms with Crippen LogP contribution >= 0.6 is 11.6 Å². The molecule has 1 aromatic rings. The van der Waals surface area contributed by atoms with Gasteiger partial charge in [0.05, 0.1) is 10.6 Å². The lowest BCUT2D eigenvalue weighted by Gasteiger charge is -2.11. The minimum absolute atomic E-state index is 0.0773. The molecule has 78 valence electrons. The monoisotopic (exact) mass is 242 g/mol. The van der Waals surface area contributed by atoms with Gasteiger partial charge in [0.2, 0.25) is 0 Å². The second-order valence-corrected chi connectivity index (χ2v) is 4.36. The van der Waals surface area contributed by atoms with Crippen molar-refractivity contribution in [2.45, 2.75) is 11.2 Å². The maximum Gasteiger partial charge on any atom is 0.419 e. The molecule has 2 nitrogen and oxygen atoms in total. The molecule has 0 aliphatic heterocycles. The summed E-state index contributed by atoms with van der Waals surface area (Å²) >= 11 is 5.41. The summed E-state index contributed by atoms with van der Waals surface area (Å²) in [4.78, 5) is 3.52. The van der Waals surface area contributed by atoms with Gasteiger partial charge in [-0.25, -0.2) is 4.98 Å². The third-order valence-corrected chi connectivity index (χ3v) is 2.53. The molecule has 0 fully saturated rings. The molecule has 0 aliphatic carbocycles. The van der Waals surface area contributed by atoms with E-state index < -0.39 is 22.4 Å². The van der Waals surface area contributed by atoms with Gasteiger partial charge >= 0.3 is 6.18 Å². The Morgan fingerprint density at radius 3 is 2.50 bits per heavy atom. The van der Waals surface area contributed by atoms with Crippen LogP contribution in [0.3, 0.4) is 0 Å². The predicted molar refractivity (Wildman–Crippen MR) is 48.5 cm³/mol. The highest BCUT2D eigenvalue weighted by Gasteiger charge is 2.34. The van der Waals surface area contributed by atoms with E-state index in [9.17, 15) is 13.2 Å². The van der Waals surface area contributed by atoms with Crippen molar-refractivity contribution >= 4 is 22.3 Å². The van der Waals surface area contributed by atoms with Crippen molar-refractivity contribution in [3.05, 3.63) is 22.8 Å². The molecule has 0 aromatic carbocycles. The first-order valence-electron chi connectivity index (χ1n) is 3.42. The summed E-state index contributed by atoms with van der Waals surface area (Å²) in [6, 6.07) is 0.794. The number of nitrogens with one attached hydrogen (secondary N) is 1. The molecule has 0 aliphatic rings. The number of hydrogen-bond donors (Lipinski definition) is 1. The maximum absolute atomic E-state index is 12.4. The van der Waals surface area contributed by atoms with Crippen molar-refractivity contribution in [2.75, 3.05) is 6.26 Å². The predicted octanol–water partition coefficient (Wildman–Crippen LogP) is 3.12. The summed E-state index contributed by atoms with van der Waals surface area (Å²) in [6.07, 6.45) is -2.04. The number of pyridine rings is 1. The van der Waals surface area contributed by atoms with Crippen LogP contribution in [0.2, 0.25) is 5.02 Å². The molecular weight excluding hydrogens is 237 g/mol. The molecule has 0 saturated heterocycles. The number of aromatic nitrogens is 1. The van der Waals surface area contributed by atoms with Crippen molar-refractivity contribution in [1.82, 2.24) is 4.98 Å². The fourth-order valence-corrected chi connectivity index (χ4v) is 1.75. The Morgan fingerprint density at radius 2 is 2.07 bits per heavy atom. The van der Waals surface area contributed by atoms with Gasteiger partial charge in [0.15, 0.2) is 0 Å². The SMILES string of the molecule is C[S@@](=N)c1ncc(Cl)cc1C(F)(F)F. The molecule has 1 atom stereocenters. The quantitative estimate of drug-likeness (QED) is 0.807. The molecule has 0 radical (unpaired) electrons. The van der Waals surface area contributed by atoms with Gasteiger partial charge in [0.1, 0.15) is 5.03 Å². The lowest BCUT2D eigenvalue weighted by atomic mass is 10.3.